The summed E-state index contributed by atoms with van der Waals surface area (Å²) in [5.41, 5.74) is 2.36. The van der Waals surface area contributed by atoms with Crippen LogP contribution in [0, 0.1) is 0 Å². The lowest BCUT2D eigenvalue weighted by Crippen LogP contribution is -2.11. The zero-order valence-corrected chi connectivity index (χ0v) is 14.0. The van der Waals surface area contributed by atoms with E-state index in [2.05, 4.69) is 62.8 Å². The van der Waals surface area contributed by atoms with E-state index in [4.69, 9.17) is 4.74 Å². The average molecular weight is 377 g/mol. The van der Waals surface area contributed by atoms with Gasteiger partial charge in [-0.15, -0.1) is 6.58 Å². The summed E-state index contributed by atoms with van der Waals surface area (Å²) in [6.45, 7) is 10.4. The molecule has 0 aliphatic heterocycles. The van der Waals surface area contributed by atoms with Gasteiger partial charge in [-0.1, -0.05) is 12.5 Å². The third kappa shape index (κ3) is 5.12. The van der Waals surface area contributed by atoms with Crippen LogP contribution in [0.3, 0.4) is 0 Å². The van der Waals surface area contributed by atoms with Gasteiger partial charge in [-0.2, -0.15) is 0 Å². The molecule has 0 saturated carbocycles. The smallest absolute Gasteiger partial charge is 0.147 e. The highest BCUT2D eigenvalue weighted by Crippen LogP contribution is 2.35. The minimum absolute atomic E-state index is 0.652. The van der Waals surface area contributed by atoms with Gasteiger partial charge in [-0.3, -0.25) is 0 Å². The molecule has 0 fully saturated rings. The molecular weight excluding hydrogens is 358 g/mol. The van der Waals surface area contributed by atoms with Crippen molar-refractivity contribution in [2.75, 3.05) is 13.2 Å². The van der Waals surface area contributed by atoms with Crippen molar-refractivity contribution in [1.82, 2.24) is 5.32 Å². The SMILES string of the molecule is C=C(C)CCOc1c(Br)cc(CNCC)cc1Br. The van der Waals surface area contributed by atoms with Gasteiger partial charge in [0.25, 0.3) is 0 Å². The molecule has 0 atom stereocenters. The highest BCUT2D eigenvalue weighted by molar-refractivity contribution is 9.11. The molecule has 0 heterocycles. The number of benzene rings is 1. The molecule has 0 unspecified atom stereocenters. The molecule has 1 rings (SSSR count). The van der Waals surface area contributed by atoms with E-state index in [1.807, 2.05) is 6.92 Å². The number of ether oxygens (including phenoxy) is 1. The molecule has 18 heavy (non-hydrogen) atoms. The Bertz CT molecular complexity index is 395. The van der Waals surface area contributed by atoms with E-state index < -0.39 is 0 Å². The van der Waals surface area contributed by atoms with Crippen LogP contribution in [-0.4, -0.2) is 13.2 Å². The Labute approximate surface area is 126 Å². The largest absolute Gasteiger partial charge is 0.491 e. The van der Waals surface area contributed by atoms with E-state index in [0.717, 1.165) is 39.8 Å². The first kappa shape index (κ1) is 15.7. The average Bonchev–Trinajstić information content (AvgIpc) is 2.29. The van der Waals surface area contributed by atoms with E-state index in [-0.39, 0.29) is 0 Å². The maximum Gasteiger partial charge on any atom is 0.147 e. The molecular formula is C14H19Br2NO. The van der Waals surface area contributed by atoms with Crippen LogP contribution in [0.4, 0.5) is 0 Å². The molecule has 1 aromatic carbocycles. The number of nitrogens with one attached hydrogen (secondary N) is 1. The monoisotopic (exact) mass is 375 g/mol. The first-order valence-electron chi connectivity index (χ1n) is 6.00. The quantitative estimate of drug-likeness (QED) is 0.698. The second-order valence-electron chi connectivity index (χ2n) is 4.22. The van der Waals surface area contributed by atoms with E-state index in [0.29, 0.717) is 6.61 Å². The molecule has 2 nitrogen and oxygen atoms in total. The predicted octanol–water partition coefficient (Wildman–Crippen LogP) is 4.67. The van der Waals surface area contributed by atoms with Crippen LogP contribution in [-0.2, 0) is 6.54 Å². The van der Waals surface area contributed by atoms with E-state index in [1.165, 1.54) is 5.56 Å². The molecule has 0 bridgehead atoms. The fourth-order valence-electron chi connectivity index (χ4n) is 1.45. The molecule has 100 valence electrons. The van der Waals surface area contributed by atoms with Crippen LogP contribution < -0.4 is 10.1 Å². The Morgan fingerprint density at radius 1 is 1.33 bits per heavy atom. The van der Waals surface area contributed by atoms with Crippen LogP contribution in [0.2, 0.25) is 0 Å². The Hall–Kier alpha value is -0.320. The third-order valence-corrected chi connectivity index (χ3v) is 3.59. The molecule has 0 aliphatic carbocycles. The van der Waals surface area contributed by atoms with Crippen molar-refractivity contribution in [1.29, 1.82) is 0 Å². The molecule has 1 N–H and O–H groups in total. The van der Waals surface area contributed by atoms with Gasteiger partial charge in [0.2, 0.25) is 0 Å². The predicted molar refractivity (Wildman–Crippen MR) is 84.1 cm³/mol. The Morgan fingerprint density at radius 3 is 2.44 bits per heavy atom. The Morgan fingerprint density at radius 2 is 1.94 bits per heavy atom. The van der Waals surface area contributed by atoms with Gasteiger partial charge in [0.15, 0.2) is 0 Å². The number of halogens is 2. The summed E-state index contributed by atoms with van der Waals surface area (Å²) >= 11 is 7.10. The van der Waals surface area contributed by atoms with Gasteiger partial charge in [-0.25, -0.2) is 0 Å². The maximum absolute atomic E-state index is 5.76. The fraction of sp³-hybridized carbons (Fsp3) is 0.429. The van der Waals surface area contributed by atoms with Gasteiger partial charge < -0.3 is 10.1 Å². The number of hydrogen-bond donors (Lipinski definition) is 1. The second-order valence-corrected chi connectivity index (χ2v) is 5.93. The second kappa shape index (κ2) is 7.97. The summed E-state index contributed by atoms with van der Waals surface area (Å²) in [6.07, 6.45) is 0.873. The fourth-order valence-corrected chi connectivity index (χ4v) is 2.96. The van der Waals surface area contributed by atoms with Crippen molar-refractivity contribution in [2.24, 2.45) is 0 Å². The summed E-state index contributed by atoms with van der Waals surface area (Å²) in [6, 6.07) is 4.17. The topological polar surface area (TPSA) is 21.3 Å². The summed E-state index contributed by atoms with van der Waals surface area (Å²) < 4.78 is 7.72. The summed E-state index contributed by atoms with van der Waals surface area (Å²) in [5, 5.41) is 3.30. The van der Waals surface area contributed by atoms with Gasteiger partial charge in [0.1, 0.15) is 5.75 Å². The minimum atomic E-state index is 0.652. The zero-order valence-electron chi connectivity index (χ0n) is 10.9. The molecule has 0 aliphatic rings. The molecule has 0 amide bonds. The van der Waals surface area contributed by atoms with Crippen LogP contribution in [0.25, 0.3) is 0 Å². The van der Waals surface area contributed by atoms with Crippen LogP contribution in [0.5, 0.6) is 5.75 Å². The molecule has 0 radical (unpaired) electrons. The minimum Gasteiger partial charge on any atom is -0.491 e. The zero-order chi connectivity index (χ0) is 13.5. The summed E-state index contributed by atoms with van der Waals surface area (Å²) in [4.78, 5) is 0. The van der Waals surface area contributed by atoms with Gasteiger partial charge in [-0.05, 0) is 63.0 Å². The molecule has 1 aromatic rings. The van der Waals surface area contributed by atoms with E-state index in [9.17, 15) is 0 Å². The standard InChI is InChI=1S/C14H19Br2NO/c1-4-17-9-11-7-12(15)14(13(16)8-11)18-6-5-10(2)3/h7-8,17H,2,4-6,9H2,1,3H3. The lowest BCUT2D eigenvalue weighted by atomic mass is 10.2. The van der Waals surface area contributed by atoms with Crippen molar-refractivity contribution < 1.29 is 4.74 Å². The molecule has 0 spiro atoms. The number of hydrogen-bond acceptors (Lipinski definition) is 2. The van der Waals surface area contributed by atoms with Crippen LogP contribution in [0.1, 0.15) is 25.8 Å². The van der Waals surface area contributed by atoms with Crippen molar-refractivity contribution in [3.05, 3.63) is 38.8 Å². The van der Waals surface area contributed by atoms with E-state index >= 15 is 0 Å². The summed E-state index contributed by atoms with van der Waals surface area (Å²) in [7, 11) is 0. The van der Waals surface area contributed by atoms with Crippen LogP contribution >= 0.6 is 31.9 Å². The van der Waals surface area contributed by atoms with Crippen molar-refractivity contribution in [3.8, 4) is 5.75 Å². The lowest BCUT2D eigenvalue weighted by molar-refractivity contribution is 0.317. The highest BCUT2D eigenvalue weighted by Gasteiger charge is 2.08. The highest BCUT2D eigenvalue weighted by atomic mass is 79.9. The Balaban J connectivity index is 2.71. The normalized spacial score (nSPS) is 10.4. The third-order valence-electron chi connectivity index (χ3n) is 2.41. The molecule has 4 heteroatoms. The molecule has 0 saturated heterocycles. The van der Waals surface area contributed by atoms with Crippen molar-refractivity contribution in [2.45, 2.75) is 26.8 Å². The first-order valence-corrected chi connectivity index (χ1v) is 7.59. The molecule has 0 aromatic heterocycles. The van der Waals surface area contributed by atoms with Crippen molar-refractivity contribution in [3.63, 3.8) is 0 Å². The summed E-state index contributed by atoms with van der Waals surface area (Å²) in [5.74, 6) is 0.858. The van der Waals surface area contributed by atoms with Gasteiger partial charge in [0.05, 0.1) is 15.6 Å². The van der Waals surface area contributed by atoms with Gasteiger partial charge in [0, 0.05) is 13.0 Å². The Kier molecular flexibility index (Phi) is 6.97. The van der Waals surface area contributed by atoms with E-state index in [1.54, 1.807) is 0 Å². The lowest BCUT2D eigenvalue weighted by Gasteiger charge is -2.12. The number of rotatable bonds is 7. The van der Waals surface area contributed by atoms with Crippen LogP contribution in [0.15, 0.2) is 33.2 Å². The first-order chi connectivity index (χ1) is 8.54. The van der Waals surface area contributed by atoms with Gasteiger partial charge >= 0.3 is 0 Å². The maximum atomic E-state index is 5.76. The van der Waals surface area contributed by atoms with Crippen molar-refractivity contribution >= 4 is 31.9 Å².